The summed E-state index contributed by atoms with van der Waals surface area (Å²) in [5.74, 6) is 0.606. The number of carbonyl (C=O) groups is 1. The second-order valence-electron chi connectivity index (χ2n) is 8.21. The highest BCUT2D eigenvalue weighted by Gasteiger charge is 2.22. The smallest absolute Gasteiger partial charge is 0.345 e. The van der Waals surface area contributed by atoms with Gasteiger partial charge in [0.25, 0.3) is 5.91 Å². The maximum atomic E-state index is 12.8. The number of imidazole rings is 1. The van der Waals surface area contributed by atoms with Crippen LogP contribution < -0.4 is 11.0 Å². The van der Waals surface area contributed by atoms with E-state index in [2.05, 4.69) is 32.5 Å². The average Bonchev–Trinajstić information content (AvgIpc) is 3.27. The summed E-state index contributed by atoms with van der Waals surface area (Å²) in [6, 6.07) is 12.1. The van der Waals surface area contributed by atoms with Crippen LogP contribution in [0, 0.1) is 0 Å². The lowest BCUT2D eigenvalue weighted by Gasteiger charge is -2.16. The van der Waals surface area contributed by atoms with Crippen LogP contribution in [0.4, 0.5) is 0 Å². The van der Waals surface area contributed by atoms with E-state index in [9.17, 15) is 9.59 Å². The zero-order valence-electron chi connectivity index (χ0n) is 17.9. The molecule has 0 spiro atoms. The third-order valence-corrected chi connectivity index (χ3v) is 6.04. The van der Waals surface area contributed by atoms with Crippen LogP contribution in [0.5, 0.6) is 0 Å². The molecular formula is C23H25N7O2. The largest absolute Gasteiger partial charge is 0.349 e. The zero-order valence-corrected chi connectivity index (χ0v) is 17.9. The fourth-order valence-electron chi connectivity index (χ4n) is 4.24. The van der Waals surface area contributed by atoms with Crippen molar-refractivity contribution in [2.75, 3.05) is 0 Å². The molecule has 0 fully saturated rings. The first-order chi connectivity index (χ1) is 15.6. The highest BCUT2D eigenvalue weighted by molar-refractivity contribution is 5.96. The minimum atomic E-state index is -0.171. The predicted molar refractivity (Wildman–Crippen MR) is 119 cm³/mol. The highest BCUT2D eigenvalue weighted by atomic mass is 16.2. The van der Waals surface area contributed by atoms with Gasteiger partial charge >= 0.3 is 5.69 Å². The molecule has 4 heterocycles. The molecule has 1 amide bonds. The van der Waals surface area contributed by atoms with Crippen LogP contribution >= 0.6 is 0 Å². The highest BCUT2D eigenvalue weighted by Crippen LogP contribution is 2.15. The molecular weight excluding hydrogens is 406 g/mol. The van der Waals surface area contributed by atoms with Gasteiger partial charge in [-0.15, -0.1) is 0 Å². The summed E-state index contributed by atoms with van der Waals surface area (Å²) in [5.41, 5.74) is 3.12. The Labute approximate surface area is 184 Å². The molecule has 3 aromatic heterocycles. The average molecular weight is 432 g/mol. The number of pyridine rings is 1. The first-order valence-corrected chi connectivity index (χ1v) is 10.9. The number of hydrogen-bond acceptors (Lipinski definition) is 5. The minimum absolute atomic E-state index is 0.0203. The van der Waals surface area contributed by atoms with E-state index < -0.39 is 0 Å². The Morgan fingerprint density at radius 2 is 2.03 bits per heavy atom. The van der Waals surface area contributed by atoms with Crippen molar-refractivity contribution in [3.05, 3.63) is 76.4 Å². The number of fused-ring (bicyclic) bond motifs is 2. The second kappa shape index (κ2) is 8.41. The molecule has 0 saturated carbocycles. The van der Waals surface area contributed by atoms with Crippen molar-refractivity contribution in [3.63, 3.8) is 0 Å². The quantitative estimate of drug-likeness (QED) is 0.519. The van der Waals surface area contributed by atoms with Crippen molar-refractivity contribution in [2.24, 2.45) is 7.05 Å². The van der Waals surface area contributed by atoms with Crippen LogP contribution in [-0.4, -0.2) is 40.8 Å². The van der Waals surface area contributed by atoms with Gasteiger partial charge in [0, 0.05) is 38.8 Å². The number of amides is 1. The molecule has 9 heteroatoms. The van der Waals surface area contributed by atoms with E-state index in [1.807, 2.05) is 22.8 Å². The van der Waals surface area contributed by atoms with Crippen molar-refractivity contribution in [2.45, 2.75) is 44.8 Å². The molecule has 0 saturated heterocycles. The van der Waals surface area contributed by atoms with Gasteiger partial charge in [-0.2, -0.15) is 5.10 Å². The number of nitrogens with zero attached hydrogens (tertiary/aromatic N) is 6. The maximum Gasteiger partial charge on any atom is 0.345 e. The fraction of sp³-hybridized carbons (Fsp3) is 0.348. The summed E-state index contributed by atoms with van der Waals surface area (Å²) in [4.78, 5) is 33.9. The minimum Gasteiger partial charge on any atom is -0.349 e. The number of hydrogen-bond donors (Lipinski definition) is 1. The van der Waals surface area contributed by atoms with Crippen LogP contribution in [0.3, 0.4) is 0 Å². The molecule has 1 aliphatic heterocycles. The molecule has 0 bridgehead atoms. The monoisotopic (exact) mass is 431 g/mol. The number of nitrogens with one attached hydrogen (secondary N) is 1. The van der Waals surface area contributed by atoms with E-state index >= 15 is 0 Å². The number of aryl methyl sites for hydroxylation is 4. The Morgan fingerprint density at radius 1 is 1.19 bits per heavy atom. The summed E-state index contributed by atoms with van der Waals surface area (Å²) in [5, 5.41) is 7.38. The van der Waals surface area contributed by atoms with Gasteiger partial charge in [0.1, 0.15) is 11.3 Å². The summed E-state index contributed by atoms with van der Waals surface area (Å²) >= 11 is 0. The lowest BCUT2D eigenvalue weighted by Crippen LogP contribution is -2.35. The van der Waals surface area contributed by atoms with Crippen LogP contribution in [0.1, 0.15) is 34.6 Å². The SMILES string of the molecule is Cn1nc2n(c1=O)CCC(NC(=O)c1cnc3c(c1)ncn3CCc1ccccc1)CC2. The van der Waals surface area contributed by atoms with E-state index in [1.165, 1.54) is 10.2 Å². The summed E-state index contributed by atoms with van der Waals surface area (Å²) < 4.78 is 5.08. The van der Waals surface area contributed by atoms with Gasteiger partial charge in [0.15, 0.2) is 5.65 Å². The Morgan fingerprint density at radius 3 is 2.88 bits per heavy atom. The molecule has 0 radical (unpaired) electrons. The Bertz CT molecular complexity index is 1320. The molecule has 1 unspecified atom stereocenters. The lowest BCUT2D eigenvalue weighted by atomic mass is 10.1. The molecule has 32 heavy (non-hydrogen) atoms. The van der Waals surface area contributed by atoms with Crippen molar-refractivity contribution in [1.29, 1.82) is 0 Å². The second-order valence-corrected chi connectivity index (χ2v) is 8.21. The van der Waals surface area contributed by atoms with Crippen molar-refractivity contribution in [3.8, 4) is 0 Å². The Kier molecular flexibility index (Phi) is 5.30. The maximum absolute atomic E-state index is 12.8. The van der Waals surface area contributed by atoms with Gasteiger partial charge in [-0.25, -0.2) is 19.4 Å². The van der Waals surface area contributed by atoms with Crippen LogP contribution in [0.2, 0.25) is 0 Å². The molecule has 0 aliphatic carbocycles. The van der Waals surface area contributed by atoms with E-state index in [1.54, 1.807) is 30.2 Å². The fourth-order valence-corrected chi connectivity index (χ4v) is 4.24. The summed E-state index contributed by atoms with van der Waals surface area (Å²) in [6.07, 6.45) is 6.36. The molecule has 5 rings (SSSR count). The lowest BCUT2D eigenvalue weighted by molar-refractivity contribution is 0.0932. The molecule has 9 nitrogen and oxygen atoms in total. The van der Waals surface area contributed by atoms with Gasteiger partial charge in [-0.1, -0.05) is 30.3 Å². The number of carbonyl (C=O) groups excluding carboxylic acids is 1. The zero-order chi connectivity index (χ0) is 22.1. The Hall–Kier alpha value is -3.75. The van der Waals surface area contributed by atoms with Gasteiger partial charge in [-0.3, -0.25) is 9.36 Å². The molecule has 1 aliphatic rings. The first-order valence-electron chi connectivity index (χ1n) is 10.9. The standard InChI is InChI=1S/C23H25N7O2/c1-28-23(32)30-12-10-18(7-8-20(30)27-28)26-22(31)17-13-19-21(24-14-17)29(15-25-19)11-9-16-5-3-2-4-6-16/h2-6,13-15,18H,7-12H2,1H3,(H,26,31). The van der Waals surface area contributed by atoms with Crippen molar-refractivity contribution in [1.82, 2.24) is 34.2 Å². The molecule has 1 aromatic carbocycles. The summed E-state index contributed by atoms with van der Waals surface area (Å²) in [6.45, 7) is 1.32. The van der Waals surface area contributed by atoms with Gasteiger partial charge in [0.05, 0.1) is 11.9 Å². The number of aromatic nitrogens is 6. The van der Waals surface area contributed by atoms with Gasteiger partial charge in [0.2, 0.25) is 0 Å². The molecule has 1 atom stereocenters. The van der Waals surface area contributed by atoms with Gasteiger partial charge in [-0.05, 0) is 30.9 Å². The van der Waals surface area contributed by atoms with Gasteiger partial charge < -0.3 is 9.88 Å². The van der Waals surface area contributed by atoms with Crippen molar-refractivity contribution < 1.29 is 4.79 Å². The van der Waals surface area contributed by atoms with Crippen molar-refractivity contribution >= 4 is 17.1 Å². The van der Waals surface area contributed by atoms with Crippen LogP contribution in [0.15, 0.2) is 53.7 Å². The predicted octanol–water partition coefficient (Wildman–Crippen LogP) is 1.70. The van der Waals surface area contributed by atoms with E-state index in [-0.39, 0.29) is 17.6 Å². The van der Waals surface area contributed by atoms with E-state index in [0.717, 1.165) is 30.9 Å². The number of rotatable bonds is 5. The molecule has 164 valence electrons. The summed E-state index contributed by atoms with van der Waals surface area (Å²) in [7, 11) is 1.66. The third-order valence-electron chi connectivity index (χ3n) is 6.04. The topological polar surface area (TPSA) is 99.6 Å². The first kappa shape index (κ1) is 20.2. The van der Waals surface area contributed by atoms with Crippen LogP contribution in [-0.2, 0) is 33.0 Å². The van der Waals surface area contributed by atoms with E-state index in [0.29, 0.717) is 30.5 Å². The van der Waals surface area contributed by atoms with E-state index in [4.69, 9.17) is 0 Å². The molecule has 1 N–H and O–H groups in total. The third kappa shape index (κ3) is 3.93. The number of benzene rings is 1. The molecule has 4 aromatic rings. The Balaban J connectivity index is 1.25. The normalized spacial score (nSPS) is 16.0. The van der Waals surface area contributed by atoms with Crippen LogP contribution in [0.25, 0.3) is 11.2 Å².